The van der Waals surface area contributed by atoms with Crippen molar-refractivity contribution >= 4 is 19.8 Å². The van der Waals surface area contributed by atoms with Crippen LogP contribution in [0.3, 0.4) is 0 Å². The summed E-state index contributed by atoms with van der Waals surface area (Å²) < 4.78 is 32.7. The van der Waals surface area contributed by atoms with Gasteiger partial charge in [0.25, 0.3) is 0 Å². The van der Waals surface area contributed by atoms with E-state index in [0.29, 0.717) is 25.7 Å². The van der Waals surface area contributed by atoms with Crippen LogP contribution in [-0.4, -0.2) is 60.5 Å². The standard InChI is InChI=1S/C45H78NO9P/c1-3-5-7-9-11-12-13-14-15-16-17-18-19-20-25-29-33-37-45(49)55-43(41-54-56(50,51)53-39-38-46)40-52-44(48)36-32-28-24-22-21-23-27-31-35-42(47)34-30-26-10-8-6-4-2/h11-12,14-15,22-24,26-27,30-31,35,42-43,47H,3-10,13,16-21,25,28-29,32-34,36-41,46H2,1-2H3,(H,50,51)/b12-11-,15-14-,24-22-,27-23-,30-26-,35-31+/t42-,43-/m1/s1. The van der Waals surface area contributed by atoms with Gasteiger partial charge in [0.1, 0.15) is 6.61 Å². The summed E-state index contributed by atoms with van der Waals surface area (Å²) in [6, 6.07) is 0. The summed E-state index contributed by atoms with van der Waals surface area (Å²) in [6.07, 6.45) is 45.3. The maximum atomic E-state index is 12.6. The molecule has 0 fully saturated rings. The number of esters is 2. The van der Waals surface area contributed by atoms with Gasteiger partial charge in [-0.15, -0.1) is 0 Å². The zero-order chi connectivity index (χ0) is 41.2. The van der Waals surface area contributed by atoms with Crippen molar-refractivity contribution < 1.29 is 42.7 Å². The molecule has 56 heavy (non-hydrogen) atoms. The fourth-order valence-electron chi connectivity index (χ4n) is 5.39. The van der Waals surface area contributed by atoms with E-state index in [9.17, 15) is 24.2 Å². The molecular formula is C45H78NO9P. The predicted molar refractivity (Wildman–Crippen MR) is 230 cm³/mol. The number of aliphatic hydroxyl groups excluding tert-OH is 1. The van der Waals surface area contributed by atoms with Crippen molar-refractivity contribution in [3.05, 3.63) is 72.9 Å². The van der Waals surface area contributed by atoms with Gasteiger partial charge in [-0.1, -0.05) is 145 Å². The number of nitrogens with two attached hydrogens (primary N) is 1. The van der Waals surface area contributed by atoms with Crippen LogP contribution < -0.4 is 5.73 Å². The van der Waals surface area contributed by atoms with Gasteiger partial charge in [-0.3, -0.25) is 18.6 Å². The first-order valence-corrected chi connectivity index (χ1v) is 23.0. The normalized spacial score (nSPS) is 14.6. The molecular weight excluding hydrogens is 729 g/mol. The van der Waals surface area contributed by atoms with Crippen molar-refractivity contribution in [2.45, 2.75) is 174 Å². The lowest BCUT2D eigenvalue weighted by Gasteiger charge is -2.19. The lowest BCUT2D eigenvalue weighted by atomic mass is 10.1. The van der Waals surface area contributed by atoms with Gasteiger partial charge < -0.3 is 25.2 Å². The Hall–Kier alpha value is -2.59. The number of ether oxygens (including phenoxy) is 2. The quantitative estimate of drug-likeness (QED) is 0.0180. The maximum Gasteiger partial charge on any atom is 0.472 e. The SMILES string of the molecule is CCCCC/C=C\C/C=C\CCCCCCCCCC(=O)O[C@H](COC(=O)CCC/C=C\C/C=C\C=C\[C@H](O)C/C=C\CCCCC)COP(=O)(O)OCCN. The van der Waals surface area contributed by atoms with Gasteiger partial charge >= 0.3 is 19.8 Å². The Bertz CT molecular complexity index is 1160. The number of phosphoric ester groups is 1. The maximum absolute atomic E-state index is 12.6. The number of hydrogen-bond acceptors (Lipinski definition) is 9. The molecule has 0 aliphatic carbocycles. The second-order valence-corrected chi connectivity index (χ2v) is 15.5. The van der Waals surface area contributed by atoms with E-state index in [1.807, 2.05) is 36.5 Å². The third kappa shape index (κ3) is 39.6. The van der Waals surface area contributed by atoms with Crippen molar-refractivity contribution in [3.8, 4) is 0 Å². The molecule has 10 nitrogen and oxygen atoms in total. The summed E-state index contributed by atoms with van der Waals surface area (Å²) in [4.78, 5) is 34.8. The van der Waals surface area contributed by atoms with Crippen LogP contribution in [0.4, 0.5) is 0 Å². The molecule has 0 aromatic carbocycles. The van der Waals surface area contributed by atoms with Crippen LogP contribution in [0.1, 0.15) is 162 Å². The van der Waals surface area contributed by atoms with Crippen molar-refractivity contribution in [2.24, 2.45) is 5.73 Å². The second-order valence-electron chi connectivity index (χ2n) is 14.1. The number of unbranched alkanes of at least 4 members (excludes halogenated alkanes) is 14. The van der Waals surface area contributed by atoms with Crippen LogP contribution in [-0.2, 0) is 32.7 Å². The summed E-state index contributed by atoms with van der Waals surface area (Å²) in [5, 5.41) is 10.0. The van der Waals surface area contributed by atoms with Crippen LogP contribution in [0.15, 0.2) is 72.9 Å². The van der Waals surface area contributed by atoms with Crippen molar-refractivity contribution in [3.63, 3.8) is 0 Å². The van der Waals surface area contributed by atoms with E-state index in [1.54, 1.807) is 6.08 Å². The van der Waals surface area contributed by atoms with Crippen LogP contribution in [0, 0.1) is 0 Å². The molecule has 0 aromatic heterocycles. The second kappa shape index (κ2) is 40.6. The van der Waals surface area contributed by atoms with Crippen LogP contribution >= 0.6 is 7.82 Å². The summed E-state index contributed by atoms with van der Waals surface area (Å²) in [7, 11) is -4.41. The van der Waals surface area contributed by atoms with Crippen LogP contribution in [0.2, 0.25) is 0 Å². The zero-order valence-corrected chi connectivity index (χ0v) is 35.8. The number of allylic oxidation sites excluding steroid dienone is 10. The van der Waals surface area contributed by atoms with E-state index >= 15 is 0 Å². The number of phosphoric acid groups is 1. The Kier molecular flexibility index (Phi) is 38.7. The Labute approximate surface area is 340 Å². The van der Waals surface area contributed by atoms with Crippen molar-refractivity contribution in [1.82, 2.24) is 0 Å². The smallest absolute Gasteiger partial charge is 0.462 e. The molecule has 0 bridgehead atoms. The Balaban J connectivity index is 4.34. The summed E-state index contributed by atoms with van der Waals surface area (Å²) >= 11 is 0. The lowest BCUT2D eigenvalue weighted by Crippen LogP contribution is -2.29. The molecule has 0 aliphatic rings. The lowest BCUT2D eigenvalue weighted by molar-refractivity contribution is -0.161. The van der Waals surface area contributed by atoms with Gasteiger partial charge in [0.2, 0.25) is 0 Å². The van der Waals surface area contributed by atoms with Gasteiger partial charge in [0.05, 0.1) is 19.3 Å². The highest BCUT2D eigenvalue weighted by atomic mass is 31.2. The highest BCUT2D eigenvalue weighted by molar-refractivity contribution is 7.47. The molecule has 3 atom stereocenters. The molecule has 11 heteroatoms. The Morgan fingerprint density at radius 1 is 0.625 bits per heavy atom. The molecule has 0 radical (unpaired) electrons. The van der Waals surface area contributed by atoms with E-state index in [1.165, 1.54) is 64.2 Å². The van der Waals surface area contributed by atoms with E-state index in [4.69, 9.17) is 24.3 Å². The molecule has 0 heterocycles. The average molecular weight is 808 g/mol. The van der Waals surface area contributed by atoms with Crippen molar-refractivity contribution in [1.29, 1.82) is 0 Å². The summed E-state index contributed by atoms with van der Waals surface area (Å²) in [5.41, 5.74) is 5.34. The highest BCUT2D eigenvalue weighted by Gasteiger charge is 2.26. The number of hydrogen-bond donors (Lipinski definition) is 3. The molecule has 0 aliphatic heterocycles. The molecule has 322 valence electrons. The number of carbonyl (C=O) groups is 2. The van der Waals surface area contributed by atoms with E-state index in [0.717, 1.165) is 44.9 Å². The zero-order valence-electron chi connectivity index (χ0n) is 35.0. The number of aliphatic hydroxyl groups is 1. The molecule has 0 saturated carbocycles. The monoisotopic (exact) mass is 808 g/mol. The molecule has 0 spiro atoms. The average Bonchev–Trinajstić information content (AvgIpc) is 3.18. The van der Waals surface area contributed by atoms with Gasteiger partial charge in [-0.25, -0.2) is 4.57 Å². The van der Waals surface area contributed by atoms with Gasteiger partial charge in [-0.2, -0.15) is 0 Å². The minimum absolute atomic E-state index is 0.0322. The molecule has 0 saturated heterocycles. The first-order valence-electron chi connectivity index (χ1n) is 21.5. The predicted octanol–water partition coefficient (Wildman–Crippen LogP) is 11.2. The summed E-state index contributed by atoms with van der Waals surface area (Å²) in [5.74, 6) is -0.948. The molecule has 1 unspecified atom stereocenters. The van der Waals surface area contributed by atoms with Gasteiger partial charge in [-0.05, 0) is 77.0 Å². The third-order valence-corrected chi connectivity index (χ3v) is 9.63. The number of rotatable bonds is 39. The first kappa shape index (κ1) is 53.4. The largest absolute Gasteiger partial charge is 0.472 e. The minimum Gasteiger partial charge on any atom is -0.462 e. The van der Waals surface area contributed by atoms with Crippen molar-refractivity contribution in [2.75, 3.05) is 26.4 Å². The van der Waals surface area contributed by atoms with Crippen LogP contribution in [0.25, 0.3) is 0 Å². The molecule has 0 rings (SSSR count). The first-order chi connectivity index (χ1) is 27.2. The van der Waals surface area contributed by atoms with Gasteiger partial charge in [0.15, 0.2) is 6.10 Å². The Morgan fingerprint density at radius 3 is 1.79 bits per heavy atom. The van der Waals surface area contributed by atoms with E-state index in [2.05, 4.69) is 44.2 Å². The topological polar surface area (TPSA) is 155 Å². The number of carbonyl (C=O) groups excluding carboxylic acids is 2. The fourth-order valence-corrected chi connectivity index (χ4v) is 6.15. The minimum atomic E-state index is -4.41. The highest BCUT2D eigenvalue weighted by Crippen LogP contribution is 2.43. The van der Waals surface area contributed by atoms with Crippen LogP contribution in [0.5, 0.6) is 0 Å². The van der Waals surface area contributed by atoms with Gasteiger partial charge in [0, 0.05) is 19.4 Å². The fraction of sp³-hybridized carbons (Fsp3) is 0.689. The van der Waals surface area contributed by atoms with E-state index < -0.39 is 38.6 Å². The Morgan fingerprint density at radius 2 is 1.16 bits per heavy atom. The molecule has 0 aromatic rings. The summed E-state index contributed by atoms with van der Waals surface area (Å²) in [6.45, 7) is 3.50. The molecule has 0 amide bonds. The molecule has 4 N–H and O–H groups in total. The third-order valence-electron chi connectivity index (χ3n) is 8.65. The van der Waals surface area contributed by atoms with E-state index in [-0.39, 0.29) is 32.6 Å².